The number of carbonyl (C=O) groups excluding carboxylic acids is 1. The summed E-state index contributed by atoms with van der Waals surface area (Å²) in [5.41, 5.74) is 7.90. The average molecular weight is 298 g/mol. The number of amides is 1. The molecule has 1 atom stereocenters. The molecular weight excluding hydrogens is 280 g/mol. The molecule has 0 saturated carbocycles. The molecule has 1 aliphatic heterocycles. The highest BCUT2D eigenvalue weighted by molar-refractivity contribution is 5.94. The molecule has 22 heavy (non-hydrogen) atoms. The van der Waals surface area contributed by atoms with Gasteiger partial charge in [-0.1, -0.05) is 12.1 Å². The maximum atomic E-state index is 12.0. The lowest BCUT2D eigenvalue weighted by Crippen LogP contribution is -2.39. The van der Waals surface area contributed by atoms with Crippen molar-refractivity contribution in [3.63, 3.8) is 0 Å². The Labute approximate surface area is 128 Å². The average Bonchev–Trinajstić information content (AvgIpc) is 3.10. The lowest BCUT2D eigenvalue weighted by Gasteiger charge is -2.10. The highest BCUT2D eigenvalue weighted by atomic mass is 16.5. The van der Waals surface area contributed by atoms with E-state index in [1.807, 2.05) is 30.3 Å². The molecule has 0 radical (unpaired) electrons. The normalized spacial score (nSPS) is 17.2. The number of nitrogens with zero attached hydrogens (tertiary/aromatic N) is 1. The molecule has 1 fully saturated rings. The summed E-state index contributed by atoms with van der Waals surface area (Å²) in [6, 6.07) is 11.3. The van der Waals surface area contributed by atoms with E-state index in [4.69, 9.17) is 4.74 Å². The van der Waals surface area contributed by atoms with E-state index in [1.54, 1.807) is 19.4 Å². The number of hydrazine groups is 1. The molecule has 1 amide bonds. The molecule has 3 N–H and O–H groups in total. The molecule has 0 bridgehead atoms. The summed E-state index contributed by atoms with van der Waals surface area (Å²) in [5, 5.41) is 2.81. The Morgan fingerprint density at radius 1 is 1.23 bits per heavy atom. The number of methoxy groups -OCH3 is 1. The number of aromatic nitrogens is 1. The number of anilines is 1. The molecule has 3 rings (SSSR count). The van der Waals surface area contributed by atoms with Gasteiger partial charge < -0.3 is 10.1 Å². The van der Waals surface area contributed by atoms with Crippen LogP contribution in [-0.2, 0) is 4.79 Å². The van der Waals surface area contributed by atoms with Gasteiger partial charge >= 0.3 is 0 Å². The number of rotatable bonds is 4. The zero-order chi connectivity index (χ0) is 15.4. The number of hydrogen-bond acceptors (Lipinski definition) is 5. The molecule has 2 heterocycles. The third-order valence-corrected chi connectivity index (χ3v) is 3.59. The van der Waals surface area contributed by atoms with Crippen molar-refractivity contribution in [1.82, 2.24) is 15.8 Å². The van der Waals surface area contributed by atoms with Crippen molar-refractivity contribution in [2.75, 3.05) is 19.0 Å². The van der Waals surface area contributed by atoms with Gasteiger partial charge in [0.1, 0.15) is 17.6 Å². The van der Waals surface area contributed by atoms with Gasteiger partial charge in [-0.3, -0.25) is 10.2 Å². The first kappa shape index (κ1) is 14.5. The minimum Gasteiger partial charge on any atom is -0.497 e. The second-order valence-corrected chi connectivity index (χ2v) is 5.06. The van der Waals surface area contributed by atoms with Crippen molar-refractivity contribution in [3.8, 4) is 16.9 Å². The lowest BCUT2D eigenvalue weighted by molar-refractivity contribution is -0.117. The van der Waals surface area contributed by atoms with E-state index in [2.05, 4.69) is 21.2 Å². The van der Waals surface area contributed by atoms with Crippen molar-refractivity contribution >= 4 is 11.7 Å². The minimum absolute atomic E-state index is 0.0744. The first-order valence-corrected chi connectivity index (χ1v) is 7.16. The van der Waals surface area contributed by atoms with E-state index in [0.29, 0.717) is 5.82 Å². The molecular formula is C16H18N4O2. The summed E-state index contributed by atoms with van der Waals surface area (Å²) in [6.45, 7) is 0.794. The third-order valence-electron chi connectivity index (χ3n) is 3.59. The van der Waals surface area contributed by atoms with Gasteiger partial charge in [0.25, 0.3) is 0 Å². The predicted molar refractivity (Wildman–Crippen MR) is 84.4 cm³/mol. The molecule has 6 nitrogen and oxygen atoms in total. The standard InChI is InChI=1S/C16H18N4O2/c1-22-13-5-2-11(3-6-13)12-4-7-15(17-10-12)19-16(21)14-8-9-18-20-14/h2-7,10,14,18,20H,8-9H2,1H3,(H,17,19,21). The number of carbonyl (C=O) groups is 1. The summed E-state index contributed by atoms with van der Waals surface area (Å²) in [5.74, 6) is 1.30. The number of hydrogen-bond donors (Lipinski definition) is 3. The topological polar surface area (TPSA) is 75.3 Å². The molecule has 1 saturated heterocycles. The van der Waals surface area contributed by atoms with E-state index < -0.39 is 0 Å². The summed E-state index contributed by atoms with van der Waals surface area (Å²) in [7, 11) is 1.64. The SMILES string of the molecule is COc1ccc(-c2ccc(NC(=O)C3CCNN3)nc2)cc1. The van der Waals surface area contributed by atoms with Crippen molar-refractivity contribution < 1.29 is 9.53 Å². The second-order valence-electron chi connectivity index (χ2n) is 5.06. The van der Waals surface area contributed by atoms with Crippen molar-refractivity contribution in [2.24, 2.45) is 0 Å². The van der Waals surface area contributed by atoms with Crippen LogP contribution in [-0.4, -0.2) is 30.6 Å². The third kappa shape index (κ3) is 3.24. The maximum Gasteiger partial charge on any atom is 0.244 e. The highest BCUT2D eigenvalue weighted by Crippen LogP contribution is 2.22. The first-order chi connectivity index (χ1) is 10.8. The Kier molecular flexibility index (Phi) is 4.32. The number of ether oxygens (including phenoxy) is 1. The fraction of sp³-hybridized carbons (Fsp3) is 0.250. The van der Waals surface area contributed by atoms with Gasteiger partial charge in [0.2, 0.25) is 5.91 Å². The fourth-order valence-electron chi connectivity index (χ4n) is 2.32. The molecule has 1 unspecified atom stereocenters. The van der Waals surface area contributed by atoms with E-state index >= 15 is 0 Å². The molecule has 1 aromatic heterocycles. The monoisotopic (exact) mass is 298 g/mol. The maximum absolute atomic E-state index is 12.0. The van der Waals surface area contributed by atoms with E-state index in [9.17, 15) is 4.79 Å². The molecule has 1 aromatic carbocycles. The van der Waals surface area contributed by atoms with Crippen LogP contribution < -0.4 is 20.9 Å². The van der Waals surface area contributed by atoms with Gasteiger partial charge in [0.15, 0.2) is 0 Å². The van der Waals surface area contributed by atoms with Crippen LogP contribution in [0.1, 0.15) is 6.42 Å². The zero-order valence-corrected chi connectivity index (χ0v) is 12.3. The molecule has 6 heteroatoms. The molecule has 0 aliphatic carbocycles. The van der Waals surface area contributed by atoms with Gasteiger partial charge in [-0.2, -0.15) is 0 Å². The van der Waals surface area contributed by atoms with E-state index in [-0.39, 0.29) is 11.9 Å². The van der Waals surface area contributed by atoms with Crippen LogP contribution in [0.15, 0.2) is 42.6 Å². The molecule has 1 aliphatic rings. The van der Waals surface area contributed by atoms with E-state index in [0.717, 1.165) is 29.8 Å². The van der Waals surface area contributed by atoms with Gasteiger partial charge in [0.05, 0.1) is 7.11 Å². The quantitative estimate of drug-likeness (QED) is 0.799. The van der Waals surface area contributed by atoms with Gasteiger partial charge in [-0.25, -0.2) is 10.4 Å². The molecule has 114 valence electrons. The Bertz CT molecular complexity index is 634. The first-order valence-electron chi connectivity index (χ1n) is 7.16. The van der Waals surface area contributed by atoms with Crippen molar-refractivity contribution in [3.05, 3.63) is 42.6 Å². The Morgan fingerprint density at radius 3 is 2.59 bits per heavy atom. The Hall–Kier alpha value is -2.44. The van der Waals surface area contributed by atoms with E-state index in [1.165, 1.54) is 0 Å². The summed E-state index contributed by atoms with van der Waals surface area (Å²) in [6.07, 6.45) is 2.52. The summed E-state index contributed by atoms with van der Waals surface area (Å²) in [4.78, 5) is 16.3. The van der Waals surface area contributed by atoms with Gasteiger partial charge in [0, 0.05) is 18.3 Å². The minimum atomic E-state index is -0.205. The molecule has 0 spiro atoms. The smallest absolute Gasteiger partial charge is 0.244 e. The van der Waals surface area contributed by atoms with Crippen molar-refractivity contribution in [1.29, 1.82) is 0 Å². The molecule has 2 aromatic rings. The largest absolute Gasteiger partial charge is 0.497 e. The van der Waals surface area contributed by atoms with Gasteiger partial charge in [-0.05, 0) is 36.2 Å². The van der Waals surface area contributed by atoms with Crippen LogP contribution in [0.25, 0.3) is 11.1 Å². The van der Waals surface area contributed by atoms with Crippen LogP contribution in [0.5, 0.6) is 5.75 Å². The zero-order valence-electron chi connectivity index (χ0n) is 12.3. The number of pyridine rings is 1. The van der Waals surface area contributed by atoms with Gasteiger partial charge in [-0.15, -0.1) is 0 Å². The van der Waals surface area contributed by atoms with Crippen LogP contribution in [0.4, 0.5) is 5.82 Å². The second kappa shape index (κ2) is 6.55. The van der Waals surface area contributed by atoms with Crippen molar-refractivity contribution in [2.45, 2.75) is 12.5 Å². The summed E-state index contributed by atoms with van der Waals surface area (Å²) >= 11 is 0. The van der Waals surface area contributed by atoms with Crippen LogP contribution in [0, 0.1) is 0 Å². The number of nitrogens with one attached hydrogen (secondary N) is 3. The number of benzene rings is 1. The predicted octanol–water partition coefficient (Wildman–Crippen LogP) is 1.56. The Balaban J connectivity index is 1.67. The van der Waals surface area contributed by atoms with Crippen LogP contribution >= 0.6 is 0 Å². The highest BCUT2D eigenvalue weighted by Gasteiger charge is 2.22. The Morgan fingerprint density at radius 2 is 2.00 bits per heavy atom. The summed E-state index contributed by atoms with van der Waals surface area (Å²) < 4.78 is 5.14. The van der Waals surface area contributed by atoms with Crippen LogP contribution in [0.2, 0.25) is 0 Å². The van der Waals surface area contributed by atoms with Crippen LogP contribution in [0.3, 0.4) is 0 Å². The fourth-order valence-corrected chi connectivity index (χ4v) is 2.32. The lowest BCUT2D eigenvalue weighted by atomic mass is 10.1.